The van der Waals surface area contributed by atoms with Gasteiger partial charge >= 0.3 is 6.18 Å². The Morgan fingerprint density at radius 2 is 1.62 bits per heavy atom. The van der Waals surface area contributed by atoms with E-state index in [1.54, 1.807) is 12.1 Å². The standard InChI is InChI=1S/C25H15F7N6O2/c1-40-13-4-2-12(3-5-13)17-9-19(25(30,31)32)38-21(33-17)10-18(35-38)24(39)34-20-6-7-37(36-20)11-14-22(28)15(26)8-16(27)23(14)29/h2-10H,11H2,1H3,(H,34,36,39). The van der Waals surface area contributed by atoms with Crippen molar-refractivity contribution < 1.29 is 40.3 Å². The molecule has 0 aliphatic rings. The Labute approximate surface area is 219 Å². The van der Waals surface area contributed by atoms with Gasteiger partial charge in [-0.1, -0.05) is 0 Å². The van der Waals surface area contributed by atoms with Gasteiger partial charge in [0.25, 0.3) is 5.91 Å². The van der Waals surface area contributed by atoms with Gasteiger partial charge < -0.3 is 10.1 Å². The van der Waals surface area contributed by atoms with Crippen molar-refractivity contribution in [2.24, 2.45) is 0 Å². The number of halogens is 7. The Balaban J connectivity index is 1.42. The van der Waals surface area contributed by atoms with Gasteiger partial charge in [0.2, 0.25) is 0 Å². The van der Waals surface area contributed by atoms with Crippen LogP contribution in [-0.2, 0) is 12.7 Å². The van der Waals surface area contributed by atoms with Crippen LogP contribution in [0, 0.1) is 23.3 Å². The van der Waals surface area contributed by atoms with Crippen LogP contribution >= 0.6 is 0 Å². The van der Waals surface area contributed by atoms with Crippen LogP contribution in [0.25, 0.3) is 16.9 Å². The van der Waals surface area contributed by atoms with Crippen LogP contribution in [0.2, 0.25) is 0 Å². The molecule has 3 heterocycles. The molecule has 5 aromatic rings. The molecule has 1 amide bonds. The maximum absolute atomic E-state index is 14.0. The molecule has 1 N–H and O–H groups in total. The molecule has 0 saturated carbocycles. The third kappa shape index (κ3) is 5.04. The van der Waals surface area contributed by atoms with Crippen molar-refractivity contribution in [3.63, 3.8) is 0 Å². The number of methoxy groups -OCH3 is 1. The van der Waals surface area contributed by atoms with E-state index in [1.807, 2.05) is 0 Å². The van der Waals surface area contributed by atoms with Gasteiger partial charge in [-0.25, -0.2) is 27.1 Å². The van der Waals surface area contributed by atoms with E-state index in [0.29, 0.717) is 15.8 Å². The number of benzene rings is 2. The summed E-state index contributed by atoms with van der Waals surface area (Å²) in [6, 6.07) is 9.24. The lowest BCUT2D eigenvalue weighted by atomic mass is 10.1. The fourth-order valence-corrected chi connectivity index (χ4v) is 3.82. The fraction of sp³-hybridized carbons (Fsp3) is 0.120. The van der Waals surface area contributed by atoms with Gasteiger partial charge in [-0.3, -0.25) is 9.48 Å². The predicted octanol–water partition coefficient (Wildman–Crippen LogP) is 5.48. The number of ether oxygens (including phenoxy) is 1. The molecule has 0 spiro atoms. The topological polar surface area (TPSA) is 86.3 Å². The number of nitrogens with zero attached hydrogens (tertiary/aromatic N) is 5. The number of alkyl halides is 3. The van der Waals surface area contributed by atoms with Crippen LogP contribution in [0.15, 0.2) is 54.7 Å². The maximum Gasteiger partial charge on any atom is 0.433 e. The van der Waals surface area contributed by atoms with E-state index in [0.717, 1.165) is 23.0 Å². The summed E-state index contributed by atoms with van der Waals surface area (Å²) < 4.78 is 103. The molecule has 15 heteroatoms. The van der Waals surface area contributed by atoms with Gasteiger partial charge in [-0.15, -0.1) is 0 Å². The Kier molecular flexibility index (Phi) is 6.65. The monoisotopic (exact) mass is 564 g/mol. The first-order chi connectivity index (χ1) is 18.9. The third-order valence-corrected chi connectivity index (χ3v) is 5.74. The number of aromatic nitrogens is 5. The molecule has 0 aliphatic heterocycles. The minimum atomic E-state index is -4.85. The molecule has 3 aromatic heterocycles. The summed E-state index contributed by atoms with van der Waals surface area (Å²) >= 11 is 0. The van der Waals surface area contributed by atoms with Crippen LogP contribution in [0.5, 0.6) is 5.75 Å². The minimum Gasteiger partial charge on any atom is -0.497 e. The highest BCUT2D eigenvalue weighted by Crippen LogP contribution is 2.33. The van der Waals surface area contributed by atoms with Crippen molar-refractivity contribution in [3.05, 3.63) is 94.9 Å². The normalized spacial score (nSPS) is 11.7. The van der Waals surface area contributed by atoms with Crippen LogP contribution in [0.4, 0.5) is 36.6 Å². The number of amides is 1. The number of rotatable bonds is 6. The van der Waals surface area contributed by atoms with E-state index in [4.69, 9.17) is 4.74 Å². The van der Waals surface area contributed by atoms with Gasteiger partial charge in [-0.05, 0) is 30.3 Å². The van der Waals surface area contributed by atoms with Crippen molar-refractivity contribution in [2.75, 3.05) is 12.4 Å². The van der Waals surface area contributed by atoms with E-state index < -0.39 is 58.8 Å². The lowest BCUT2D eigenvalue weighted by Gasteiger charge is -2.11. The number of nitrogens with one attached hydrogen (secondary N) is 1. The second kappa shape index (κ2) is 9.98. The van der Waals surface area contributed by atoms with Crippen molar-refractivity contribution in [2.45, 2.75) is 12.7 Å². The fourth-order valence-electron chi connectivity index (χ4n) is 3.82. The largest absolute Gasteiger partial charge is 0.497 e. The molecule has 0 atom stereocenters. The quantitative estimate of drug-likeness (QED) is 0.218. The number of fused-ring (bicyclic) bond motifs is 1. The number of hydrogen-bond donors (Lipinski definition) is 1. The molecular formula is C25H15F7N6O2. The average molecular weight is 564 g/mol. The first-order valence-electron chi connectivity index (χ1n) is 11.2. The maximum atomic E-state index is 14.0. The smallest absolute Gasteiger partial charge is 0.433 e. The molecule has 0 fully saturated rings. The summed E-state index contributed by atoms with van der Waals surface area (Å²) in [4.78, 5) is 17.0. The molecule has 0 aliphatic carbocycles. The van der Waals surface area contributed by atoms with Gasteiger partial charge in [0, 0.05) is 30.0 Å². The number of anilines is 1. The number of hydrogen-bond acceptors (Lipinski definition) is 5. The SMILES string of the molecule is COc1ccc(-c2cc(C(F)(F)F)n3nc(C(=O)Nc4ccn(Cc5c(F)c(F)cc(F)c5F)n4)cc3n2)cc1. The van der Waals surface area contributed by atoms with Crippen molar-refractivity contribution in [1.82, 2.24) is 24.4 Å². The third-order valence-electron chi connectivity index (χ3n) is 5.74. The van der Waals surface area contributed by atoms with Crippen molar-refractivity contribution in [3.8, 4) is 17.0 Å². The van der Waals surface area contributed by atoms with Gasteiger partial charge in [-0.2, -0.15) is 23.4 Å². The molecule has 5 rings (SSSR count). The minimum absolute atomic E-state index is 0.0265. The summed E-state index contributed by atoms with van der Waals surface area (Å²) in [5.74, 6) is -7.05. The van der Waals surface area contributed by atoms with E-state index in [9.17, 15) is 35.5 Å². The lowest BCUT2D eigenvalue weighted by molar-refractivity contribution is -0.142. The molecule has 0 unspecified atom stereocenters. The Morgan fingerprint density at radius 1 is 0.950 bits per heavy atom. The highest BCUT2D eigenvalue weighted by atomic mass is 19.4. The zero-order valence-corrected chi connectivity index (χ0v) is 20.1. The number of carbonyl (C=O) groups is 1. The second-order valence-corrected chi connectivity index (χ2v) is 8.35. The molecule has 8 nitrogen and oxygen atoms in total. The van der Waals surface area contributed by atoms with Crippen LogP contribution in [0.3, 0.4) is 0 Å². The van der Waals surface area contributed by atoms with Gasteiger partial charge in [0.05, 0.1) is 24.9 Å². The van der Waals surface area contributed by atoms with E-state index in [-0.39, 0.29) is 23.2 Å². The molecule has 2 aromatic carbocycles. The molecule has 0 saturated heterocycles. The Hall–Kier alpha value is -4.95. The van der Waals surface area contributed by atoms with Gasteiger partial charge in [0.1, 0.15) is 5.75 Å². The summed E-state index contributed by atoms with van der Waals surface area (Å²) in [7, 11) is 1.44. The molecule has 0 bridgehead atoms. The number of carbonyl (C=O) groups excluding carboxylic acids is 1. The average Bonchev–Trinajstić information content (AvgIpc) is 3.55. The van der Waals surface area contributed by atoms with E-state index in [1.165, 1.54) is 25.3 Å². The Bertz CT molecular complexity index is 1720. The Morgan fingerprint density at radius 3 is 2.25 bits per heavy atom. The van der Waals surface area contributed by atoms with Crippen molar-refractivity contribution >= 4 is 17.4 Å². The van der Waals surface area contributed by atoms with Crippen molar-refractivity contribution in [1.29, 1.82) is 0 Å². The summed E-state index contributed by atoms with van der Waals surface area (Å²) in [6.45, 7) is -0.719. The summed E-state index contributed by atoms with van der Waals surface area (Å²) in [5, 5.41) is 9.89. The van der Waals surface area contributed by atoms with E-state index >= 15 is 0 Å². The zero-order valence-electron chi connectivity index (χ0n) is 20.1. The highest BCUT2D eigenvalue weighted by molar-refractivity contribution is 6.03. The van der Waals surface area contributed by atoms with E-state index in [2.05, 4.69) is 20.5 Å². The lowest BCUT2D eigenvalue weighted by Crippen LogP contribution is -2.16. The molecular weight excluding hydrogens is 549 g/mol. The van der Waals surface area contributed by atoms with Crippen LogP contribution in [0.1, 0.15) is 21.7 Å². The second-order valence-electron chi connectivity index (χ2n) is 8.35. The highest BCUT2D eigenvalue weighted by Gasteiger charge is 2.35. The van der Waals surface area contributed by atoms with Crippen LogP contribution < -0.4 is 10.1 Å². The molecule has 0 radical (unpaired) electrons. The zero-order chi connectivity index (χ0) is 28.8. The molecule has 40 heavy (non-hydrogen) atoms. The first kappa shape index (κ1) is 26.6. The summed E-state index contributed by atoms with van der Waals surface area (Å²) in [6.07, 6.45) is -3.69. The molecule has 206 valence electrons. The van der Waals surface area contributed by atoms with Gasteiger partial charge in [0.15, 0.2) is 46.1 Å². The summed E-state index contributed by atoms with van der Waals surface area (Å²) in [5.41, 5.74) is -2.49. The first-order valence-corrected chi connectivity index (χ1v) is 11.2. The predicted molar refractivity (Wildman–Crippen MR) is 126 cm³/mol. The van der Waals surface area contributed by atoms with Crippen LogP contribution in [-0.4, -0.2) is 37.4 Å².